The fourth-order valence-corrected chi connectivity index (χ4v) is 1.97. The molecule has 0 aliphatic carbocycles. The van der Waals surface area contributed by atoms with Crippen molar-refractivity contribution >= 4 is 0 Å². The van der Waals surface area contributed by atoms with Crippen molar-refractivity contribution in [3.05, 3.63) is 22.1 Å². The van der Waals surface area contributed by atoms with Gasteiger partial charge in [0.15, 0.2) is 5.82 Å². The van der Waals surface area contributed by atoms with E-state index in [2.05, 4.69) is 20.6 Å². The van der Waals surface area contributed by atoms with Crippen molar-refractivity contribution < 1.29 is 0 Å². The quantitative estimate of drug-likeness (QED) is 0.826. The summed E-state index contributed by atoms with van der Waals surface area (Å²) in [4.78, 5) is 12.4. The summed E-state index contributed by atoms with van der Waals surface area (Å²) in [6.07, 6.45) is 0. The van der Waals surface area contributed by atoms with Gasteiger partial charge in [-0.2, -0.15) is 5.10 Å². The molecule has 0 spiro atoms. The van der Waals surface area contributed by atoms with E-state index in [0.29, 0.717) is 18.2 Å². The van der Waals surface area contributed by atoms with Crippen LogP contribution in [0.15, 0.2) is 4.79 Å². The van der Waals surface area contributed by atoms with Crippen molar-refractivity contribution in [2.24, 2.45) is 0 Å². The zero-order valence-electron chi connectivity index (χ0n) is 12.8. The normalized spacial score (nSPS) is 12.3. The van der Waals surface area contributed by atoms with Gasteiger partial charge in [0, 0.05) is 0 Å². The van der Waals surface area contributed by atoms with E-state index in [-0.39, 0.29) is 17.3 Å². The first kappa shape index (κ1) is 14.4. The molecule has 0 saturated carbocycles. The largest absolute Gasteiger partial charge is 0.346 e. The van der Waals surface area contributed by atoms with E-state index in [1.807, 2.05) is 41.5 Å². The van der Waals surface area contributed by atoms with Gasteiger partial charge in [0.2, 0.25) is 0 Å². The molecule has 2 heterocycles. The Morgan fingerprint density at radius 1 is 1.25 bits per heavy atom. The molecule has 110 valence electrons. The number of nitrogens with zero attached hydrogens (tertiary/aromatic N) is 7. The molecule has 0 aliphatic heterocycles. The summed E-state index contributed by atoms with van der Waals surface area (Å²) in [7, 11) is 0. The molecule has 8 heteroatoms. The molecule has 0 amide bonds. The number of aromatic nitrogens is 7. The van der Waals surface area contributed by atoms with Gasteiger partial charge in [-0.15, -0.1) is 5.10 Å². The lowest BCUT2D eigenvalue weighted by atomic mass is 10.1. The minimum atomic E-state index is -0.350. The molecule has 0 atom stereocenters. The molecule has 8 nitrogen and oxygen atoms in total. The van der Waals surface area contributed by atoms with Crippen molar-refractivity contribution in [1.29, 1.82) is 0 Å². The van der Waals surface area contributed by atoms with Crippen LogP contribution in [-0.4, -0.2) is 34.6 Å². The first-order chi connectivity index (χ1) is 9.21. The Balaban J connectivity index is 2.43. The first-order valence-corrected chi connectivity index (χ1v) is 6.65. The predicted octanol–water partition coefficient (Wildman–Crippen LogP) is 0.724. The Labute approximate surface area is 117 Å². The molecule has 0 saturated heterocycles. The maximum Gasteiger partial charge on any atom is 0.346 e. The number of tetrazole rings is 1. The predicted molar refractivity (Wildman–Crippen MR) is 73.5 cm³/mol. The van der Waals surface area contributed by atoms with Crippen LogP contribution >= 0.6 is 0 Å². The van der Waals surface area contributed by atoms with Gasteiger partial charge in [0.1, 0.15) is 5.82 Å². The third kappa shape index (κ3) is 2.50. The van der Waals surface area contributed by atoms with Gasteiger partial charge in [0.05, 0.1) is 18.1 Å². The molecule has 0 bridgehead atoms. The minimum Gasteiger partial charge on any atom is -0.271 e. The van der Waals surface area contributed by atoms with Crippen LogP contribution in [0.1, 0.15) is 52.3 Å². The van der Waals surface area contributed by atoms with Crippen molar-refractivity contribution in [2.45, 2.75) is 59.7 Å². The average Bonchev–Trinajstić information content (AvgIpc) is 2.88. The molecule has 2 aromatic rings. The summed E-state index contributed by atoms with van der Waals surface area (Å²) in [5, 5.41) is 15.9. The SMILES string of the molecule is Cc1nn(C(C)(C)C)c(=O)n1Cc1nnnn1C(C)C. The third-order valence-electron chi connectivity index (χ3n) is 3.03. The van der Waals surface area contributed by atoms with Crippen LogP contribution in [-0.2, 0) is 12.1 Å². The molecule has 0 aromatic carbocycles. The summed E-state index contributed by atoms with van der Waals surface area (Å²) >= 11 is 0. The molecule has 0 aliphatic rings. The number of hydrogen-bond acceptors (Lipinski definition) is 5. The van der Waals surface area contributed by atoms with Crippen LogP contribution in [0.5, 0.6) is 0 Å². The summed E-state index contributed by atoms with van der Waals surface area (Å²) in [5.74, 6) is 1.31. The van der Waals surface area contributed by atoms with Gasteiger partial charge >= 0.3 is 5.69 Å². The van der Waals surface area contributed by atoms with Gasteiger partial charge in [-0.3, -0.25) is 4.57 Å². The van der Waals surface area contributed by atoms with Crippen LogP contribution < -0.4 is 5.69 Å². The highest BCUT2D eigenvalue weighted by Crippen LogP contribution is 2.11. The van der Waals surface area contributed by atoms with E-state index in [0.717, 1.165) is 0 Å². The van der Waals surface area contributed by atoms with E-state index in [1.165, 1.54) is 4.68 Å². The van der Waals surface area contributed by atoms with E-state index in [9.17, 15) is 4.79 Å². The van der Waals surface area contributed by atoms with E-state index < -0.39 is 0 Å². The van der Waals surface area contributed by atoms with Gasteiger partial charge in [-0.05, 0) is 52.0 Å². The number of hydrogen-bond donors (Lipinski definition) is 0. The van der Waals surface area contributed by atoms with Crippen LogP contribution in [0.4, 0.5) is 0 Å². The summed E-state index contributed by atoms with van der Waals surface area (Å²) in [6, 6.07) is 0.147. The van der Waals surface area contributed by atoms with E-state index >= 15 is 0 Å². The van der Waals surface area contributed by atoms with E-state index in [1.54, 1.807) is 9.25 Å². The van der Waals surface area contributed by atoms with Gasteiger partial charge in [0.25, 0.3) is 0 Å². The molecule has 20 heavy (non-hydrogen) atoms. The third-order valence-corrected chi connectivity index (χ3v) is 3.03. The Morgan fingerprint density at radius 2 is 1.90 bits per heavy atom. The molecular formula is C12H21N7O. The molecular weight excluding hydrogens is 258 g/mol. The smallest absolute Gasteiger partial charge is 0.271 e. The standard InChI is InChI=1S/C12H21N7O/c1-8(2)18-10(13-15-16-18)7-17-9(3)14-19(11(17)20)12(4,5)6/h8H,7H2,1-6H3. The summed E-state index contributed by atoms with van der Waals surface area (Å²) < 4.78 is 4.79. The second-order valence-corrected chi connectivity index (χ2v) is 6.13. The highest BCUT2D eigenvalue weighted by molar-refractivity contribution is 4.93. The Bertz CT molecular complexity index is 656. The lowest BCUT2D eigenvalue weighted by molar-refractivity contribution is 0.339. The molecule has 0 unspecified atom stereocenters. The number of aryl methyl sites for hydroxylation is 1. The van der Waals surface area contributed by atoms with Gasteiger partial charge in [-0.1, -0.05) is 0 Å². The van der Waals surface area contributed by atoms with E-state index in [4.69, 9.17) is 0 Å². The highest BCUT2D eigenvalue weighted by atomic mass is 16.2. The highest BCUT2D eigenvalue weighted by Gasteiger charge is 2.22. The lowest BCUT2D eigenvalue weighted by Crippen LogP contribution is -2.36. The Kier molecular flexibility index (Phi) is 3.49. The van der Waals surface area contributed by atoms with Crippen molar-refractivity contribution in [2.75, 3.05) is 0 Å². The number of rotatable bonds is 3. The monoisotopic (exact) mass is 279 g/mol. The fraction of sp³-hybridized carbons (Fsp3) is 0.750. The topological polar surface area (TPSA) is 83.4 Å². The van der Waals surface area contributed by atoms with Crippen molar-refractivity contribution in [1.82, 2.24) is 34.6 Å². The second kappa shape index (κ2) is 4.84. The zero-order chi connectivity index (χ0) is 15.1. The molecule has 0 radical (unpaired) electrons. The zero-order valence-corrected chi connectivity index (χ0v) is 12.8. The van der Waals surface area contributed by atoms with Gasteiger partial charge < -0.3 is 0 Å². The Hall–Kier alpha value is -1.99. The maximum absolute atomic E-state index is 12.4. The van der Waals surface area contributed by atoms with Crippen LogP contribution in [0, 0.1) is 6.92 Å². The minimum absolute atomic E-state index is 0.145. The van der Waals surface area contributed by atoms with Crippen molar-refractivity contribution in [3.63, 3.8) is 0 Å². The van der Waals surface area contributed by atoms with Crippen molar-refractivity contribution in [3.8, 4) is 0 Å². The van der Waals surface area contributed by atoms with Gasteiger partial charge in [-0.25, -0.2) is 14.2 Å². The first-order valence-electron chi connectivity index (χ1n) is 6.65. The lowest BCUT2D eigenvalue weighted by Gasteiger charge is -2.16. The van der Waals surface area contributed by atoms with Crippen LogP contribution in [0.3, 0.4) is 0 Å². The molecule has 2 rings (SSSR count). The maximum atomic E-state index is 12.4. The molecule has 0 fully saturated rings. The molecule has 2 aromatic heterocycles. The summed E-state index contributed by atoms with van der Waals surface area (Å²) in [6.45, 7) is 12.0. The fourth-order valence-electron chi connectivity index (χ4n) is 1.97. The summed E-state index contributed by atoms with van der Waals surface area (Å²) in [5.41, 5.74) is -0.495. The second-order valence-electron chi connectivity index (χ2n) is 6.13. The average molecular weight is 279 g/mol. The molecule has 0 N–H and O–H groups in total. The Morgan fingerprint density at radius 3 is 2.40 bits per heavy atom. The van der Waals surface area contributed by atoms with Crippen LogP contribution in [0.2, 0.25) is 0 Å². The van der Waals surface area contributed by atoms with Crippen LogP contribution in [0.25, 0.3) is 0 Å².